The van der Waals surface area contributed by atoms with E-state index in [2.05, 4.69) is 4.98 Å². The first-order valence-corrected chi connectivity index (χ1v) is 15.9. The summed E-state index contributed by atoms with van der Waals surface area (Å²) in [6, 6.07) is 16.3. The number of hydrogen-bond acceptors (Lipinski definition) is 6. The predicted octanol–water partition coefficient (Wildman–Crippen LogP) is 4.04. The fraction of sp³-hybridized carbons (Fsp3) is 0.444. The monoisotopic (exact) mass is 543 g/mol. The molecule has 0 spiro atoms. The molecule has 1 aromatic heterocycles. The van der Waals surface area contributed by atoms with Crippen LogP contribution in [0.5, 0.6) is 5.75 Å². The Kier molecular flexibility index (Phi) is 7.80. The minimum Gasteiger partial charge on any atom is -0.490 e. The van der Waals surface area contributed by atoms with Crippen molar-refractivity contribution in [1.29, 1.82) is 0 Å². The highest BCUT2D eigenvalue weighted by molar-refractivity contribution is 7.89. The van der Waals surface area contributed by atoms with Gasteiger partial charge in [-0.1, -0.05) is 36.4 Å². The third-order valence-electron chi connectivity index (χ3n) is 7.35. The van der Waals surface area contributed by atoms with Crippen molar-refractivity contribution in [3.05, 3.63) is 67.0 Å². The third-order valence-corrected chi connectivity index (χ3v) is 11.3. The number of benzene rings is 2. The molecule has 198 valence electrons. The maximum atomic E-state index is 13.6. The zero-order valence-electron chi connectivity index (χ0n) is 20.8. The maximum Gasteiger partial charge on any atom is 0.243 e. The fourth-order valence-corrected chi connectivity index (χ4v) is 8.93. The smallest absolute Gasteiger partial charge is 0.243 e. The second-order valence-electron chi connectivity index (χ2n) is 9.75. The Morgan fingerprint density at radius 2 is 1.59 bits per heavy atom. The van der Waals surface area contributed by atoms with Gasteiger partial charge >= 0.3 is 0 Å². The third kappa shape index (κ3) is 5.82. The minimum atomic E-state index is -3.68. The van der Waals surface area contributed by atoms with Crippen LogP contribution >= 0.6 is 0 Å². The summed E-state index contributed by atoms with van der Waals surface area (Å²) in [4.78, 5) is 4.30. The molecule has 2 fully saturated rings. The van der Waals surface area contributed by atoms with Crippen LogP contribution in [0.4, 0.5) is 0 Å². The van der Waals surface area contributed by atoms with Crippen molar-refractivity contribution < 1.29 is 21.6 Å². The average Bonchev–Trinajstić information content (AvgIpc) is 3.39. The van der Waals surface area contributed by atoms with Crippen LogP contribution in [0.15, 0.2) is 71.9 Å². The topological polar surface area (TPSA) is 96.9 Å². The van der Waals surface area contributed by atoms with E-state index in [1.54, 1.807) is 45.3 Å². The molecule has 2 aliphatic heterocycles. The van der Waals surface area contributed by atoms with E-state index >= 15 is 0 Å². The number of ether oxygens (including phenoxy) is 1. The Labute approximate surface area is 219 Å². The van der Waals surface area contributed by atoms with E-state index in [1.807, 2.05) is 30.3 Å². The van der Waals surface area contributed by atoms with Gasteiger partial charge in [-0.05, 0) is 62.1 Å². The van der Waals surface area contributed by atoms with E-state index in [0.717, 1.165) is 29.4 Å². The van der Waals surface area contributed by atoms with Crippen molar-refractivity contribution in [2.24, 2.45) is 0 Å². The lowest BCUT2D eigenvalue weighted by Gasteiger charge is -2.31. The van der Waals surface area contributed by atoms with Crippen molar-refractivity contribution in [2.45, 2.75) is 55.6 Å². The highest BCUT2D eigenvalue weighted by atomic mass is 32.2. The molecular formula is C27H33N3O5S2. The van der Waals surface area contributed by atoms with Gasteiger partial charge in [0.2, 0.25) is 20.0 Å². The molecule has 1 unspecified atom stereocenters. The molecule has 0 N–H and O–H groups in total. The Balaban J connectivity index is 1.17. The molecule has 2 aliphatic rings. The van der Waals surface area contributed by atoms with E-state index < -0.39 is 20.0 Å². The molecule has 0 aliphatic carbocycles. The molecule has 3 heterocycles. The molecule has 2 saturated heterocycles. The molecule has 8 nitrogen and oxygen atoms in total. The lowest BCUT2D eigenvalue weighted by Crippen LogP contribution is -2.43. The number of sulfonamides is 2. The molecule has 10 heteroatoms. The first-order chi connectivity index (χ1) is 17.8. The molecule has 1 atom stereocenters. The van der Waals surface area contributed by atoms with Crippen molar-refractivity contribution in [3.63, 3.8) is 0 Å². The van der Waals surface area contributed by atoms with Gasteiger partial charge in [-0.3, -0.25) is 4.98 Å². The maximum absolute atomic E-state index is 13.6. The number of aromatic nitrogens is 1. The summed E-state index contributed by atoms with van der Waals surface area (Å²) in [5.74, 6) is 0.775. The molecular weight excluding hydrogens is 510 g/mol. The van der Waals surface area contributed by atoms with Crippen molar-refractivity contribution in [1.82, 2.24) is 13.6 Å². The number of piperidine rings is 1. The van der Waals surface area contributed by atoms with Crippen LogP contribution in [0.1, 0.15) is 38.5 Å². The van der Waals surface area contributed by atoms with E-state index in [1.165, 1.54) is 0 Å². The van der Waals surface area contributed by atoms with E-state index in [4.69, 9.17) is 4.74 Å². The van der Waals surface area contributed by atoms with E-state index in [9.17, 15) is 16.8 Å². The van der Waals surface area contributed by atoms with Gasteiger partial charge in [0.05, 0.1) is 10.6 Å². The van der Waals surface area contributed by atoms with Crippen LogP contribution in [-0.4, -0.2) is 68.0 Å². The van der Waals surface area contributed by atoms with Gasteiger partial charge < -0.3 is 4.74 Å². The largest absolute Gasteiger partial charge is 0.490 e. The Hall–Kier alpha value is -2.53. The number of fused-ring (bicyclic) bond motifs is 1. The second-order valence-corrected chi connectivity index (χ2v) is 13.7. The normalized spacial score (nSPS) is 20.4. The summed E-state index contributed by atoms with van der Waals surface area (Å²) in [5, 5.41) is 1.61. The average molecular weight is 544 g/mol. The van der Waals surface area contributed by atoms with Crippen molar-refractivity contribution in [2.75, 3.05) is 25.4 Å². The molecule has 0 saturated carbocycles. The van der Waals surface area contributed by atoms with E-state index in [-0.39, 0.29) is 17.9 Å². The molecule has 2 aromatic carbocycles. The van der Waals surface area contributed by atoms with Gasteiger partial charge in [0.25, 0.3) is 0 Å². The highest BCUT2D eigenvalue weighted by Gasteiger charge is 2.36. The Morgan fingerprint density at radius 3 is 2.38 bits per heavy atom. The number of nitrogens with zero attached hydrogens (tertiary/aromatic N) is 3. The summed E-state index contributed by atoms with van der Waals surface area (Å²) in [7, 11) is -7.08. The van der Waals surface area contributed by atoms with Gasteiger partial charge in [0.15, 0.2) is 0 Å². The zero-order valence-corrected chi connectivity index (χ0v) is 22.4. The summed E-state index contributed by atoms with van der Waals surface area (Å²) >= 11 is 0. The quantitative estimate of drug-likeness (QED) is 0.404. The molecule has 0 bridgehead atoms. The van der Waals surface area contributed by atoms with Crippen molar-refractivity contribution >= 4 is 30.8 Å². The SMILES string of the molecule is O=S(=O)(CCCC1CCCN1S(=O)(=O)c1cccc2ccccc12)N1CCC(Oc2ccncc2)CC1. The summed E-state index contributed by atoms with van der Waals surface area (Å²) in [5.41, 5.74) is 0. The van der Waals surface area contributed by atoms with Crippen LogP contribution in [0, 0.1) is 0 Å². The first-order valence-electron chi connectivity index (χ1n) is 12.9. The Morgan fingerprint density at radius 1 is 0.865 bits per heavy atom. The number of pyridine rings is 1. The summed E-state index contributed by atoms with van der Waals surface area (Å²) < 4.78 is 62.3. The minimum absolute atomic E-state index is 0.0137. The fourth-order valence-electron chi connectivity index (χ4n) is 5.43. The van der Waals surface area contributed by atoms with E-state index in [0.29, 0.717) is 50.2 Å². The van der Waals surface area contributed by atoms with Gasteiger partial charge in [0.1, 0.15) is 11.9 Å². The molecule has 5 rings (SSSR count). The number of rotatable bonds is 9. The van der Waals surface area contributed by atoms with Gasteiger partial charge in [-0.15, -0.1) is 0 Å². The van der Waals surface area contributed by atoms with Gasteiger partial charge in [-0.2, -0.15) is 4.31 Å². The van der Waals surface area contributed by atoms with Gasteiger partial charge in [0, 0.05) is 43.5 Å². The molecule has 0 amide bonds. The van der Waals surface area contributed by atoms with Crippen LogP contribution in [-0.2, 0) is 20.0 Å². The summed E-state index contributed by atoms with van der Waals surface area (Å²) in [6.07, 6.45) is 7.12. The molecule has 3 aromatic rings. The lowest BCUT2D eigenvalue weighted by atomic mass is 10.1. The summed E-state index contributed by atoms with van der Waals surface area (Å²) in [6.45, 7) is 1.33. The van der Waals surface area contributed by atoms with Crippen molar-refractivity contribution in [3.8, 4) is 5.75 Å². The number of hydrogen-bond donors (Lipinski definition) is 0. The molecule has 0 radical (unpaired) electrons. The van der Waals surface area contributed by atoms with Crippen LogP contribution < -0.4 is 4.74 Å². The standard InChI is InChI=1S/C27H33N3O5S2/c31-36(32,29-19-14-25(15-20-29)35-24-12-16-28-17-13-24)21-5-9-23-8-4-18-30(23)37(33,34)27-11-3-7-22-6-1-2-10-26(22)27/h1-3,6-7,10-13,16-17,23,25H,4-5,8-9,14-15,18-21H2. The highest BCUT2D eigenvalue weighted by Crippen LogP contribution is 2.32. The van der Waals surface area contributed by atoms with Gasteiger partial charge in [-0.25, -0.2) is 21.1 Å². The first kappa shape index (κ1) is 26.1. The second kappa shape index (κ2) is 11.1. The predicted molar refractivity (Wildman–Crippen MR) is 143 cm³/mol. The van der Waals surface area contributed by atoms with Crippen LogP contribution in [0.2, 0.25) is 0 Å². The lowest BCUT2D eigenvalue weighted by molar-refractivity contribution is 0.135. The molecule has 37 heavy (non-hydrogen) atoms. The Bertz CT molecular complexity index is 1420. The van der Waals surface area contributed by atoms with Crippen LogP contribution in [0.3, 0.4) is 0 Å². The van der Waals surface area contributed by atoms with Crippen LogP contribution in [0.25, 0.3) is 10.8 Å². The zero-order chi connectivity index (χ0) is 25.9.